The highest BCUT2D eigenvalue weighted by Crippen LogP contribution is 2.29. The number of rotatable bonds is 10. The van der Waals surface area contributed by atoms with E-state index in [2.05, 4.69) is 15.1 Å². The number of halogens is 1. The fourth-order valence-electron chi connectivity index (χ4n) is 3.75. The zero-order valence-corrected chi connectivity index (χ0v) is 19.1. The summed E-state index contributed by atoms with van der Waals surface area (Å²) < 4.78 is 37.7. The van der Waals surface area contributed by atoms with Crippen LogP contribution in [-0.4, -0.2) is 77.0 Å². The van der Waals surface area contributed by atoms with Crippen LogP contribution in [0.3, 0.4) is 0 Å². The molecular weight excluding hydrogens is 443 g/mol. The molecule has 1 N–H and O–H groups in total. The topological polar surface area (TPSA) is 91.1 Å². The molecule has 0 unspecified atom stereocenters. The summed E-state index contributed by atoms with van der Waals surface area (Å²) in [7, 11) is 1.61. The number of ether oxygens (including phenoxy) is 4. The van der Waals surface area contributed by atoms with Gasteiger partial charge in [0.2, 0.25) is 0 Å². The number of nitrogens with zero attached hydrogens (tertiary/aromatic N) is 4. The van der Waals surface area contributed by atoms with E-state index in [1.807, 2.05) is 22.8 Å². The van der Waals surface area contributed by atoms with Crippen molar-refractivity contribution in [3.63, 3.8) is 0 Å². The smallest absolute Gasteiger partial charge is 0.161 e. The van der Waals surface area contributed by atoms with Crippen molar-refractivity contribution in [1.29, 1.82) is 0 Å². The van der Waals surface area contributed by atoms with Crippen LogP contribution < -0.4 is 14.2 Å². The minimum Gasteiger partial charge on any atom is -0.493 e. The van der Waals surface area contributed by atoms with Crippen LogP contribution in [0.5, 0.6) is 17.2 Å². The lowest BCUT2D eigenvalue weighted by Crippen LogP contribution is -2.48. The molecule has 1 aromatic heterocycles. The Morgan fingerprint density at radius 2 is 1.88 bits per heavy atom. The summed E-state index contributed by atoms with van der Waals surface area (Å²) >= 11 is 0. The molecule has 0 saturated carbocycles. The molecular formula is C24H29FN4O5. The lowest BCUT2D eigenvalue weighted by Gasteiger charge is -2.30. The summed E-state index contributed by atoms with van der Waals surface area (Å²) in [5, 5.41) is 18.7. The summed E-state index contributed by atoms with van der Waals surface area (Å²) in [5.74, 6) is 1.46. The van der Waals surface area contributed by atoms with E-state index in [9.17, 15) is 9.50 Å². The van der Waals surface area contributed by atoms with Gasteiger partial charge in [0.25, 0.3) is 0 Å². The molecule has 1 aliphatic heterocycles. The van der Waals surface area contributed by atoms with Crippen LogP contribution in [0.4, 0.5) is 4.39 Å². The minimum atomic E-state index is -1.19. The van der Waals surface area contributed by atoms with E-state index in [1.54, 1.807) is 19.8 Å². The molecule has 34 heavy (non-hydrogen) atoms. The number of benzene rings is 2. The third kappa shape index (κ3) is 6.66. The van der Waals surface area contributed by atoms with Gasteiger partial charge in [-0.15, -0.1) is 10.2 Å². The van der Waals surface area contributed by atoms with Crippen LogP contribution in [-0.2, 0) is 17.8 Å². The quantitative estimate of drug-likeness (QED) is 0.480. The van der Waals surface area contributed by atoms with Gasteiger partial charge in [0, 0.05) is 19.6 Å². The van der Waals surface area contributed by atoms with Crippen LogP contribution in [0.1, 0.15) is 5.56 Å². The van der Waals surface area contributed by atoms with Gasteiger partial charge < -0.3 is 28.6 Å². The summed E-state index contributed by atoms with van der Waals surface area (Å²) in [4.78, 5) is 2.11. The van der Waals surface area contributed by atoms with Gasteiger partial charge in [-0.2, -0.15) is 0 Å². The summed E-state index contributed by atoms with van der Waals surface area (Å²) in [5.41, 5.74) is -0.174. The first-order valence-electron chi connectivity index (χ1n) is 11.1. The molecule has 0 amide bonds. The molecule has 4 rings (SSSR count). The van der Waals surface area contributed by atoms with E-state index in [0.717, 1.165) is 5.56 Å². The number of aromatic nitrogens is 3. The minimum absolute atomic E-state index is 0.0394. The molecule has 0 radical (unpaired) electrons. The molecule has 1 atom stereocenters. The lowest BCUT2D eigenvalue weighted by molar-refractivity contribution is -0.0646. The van der Waals surface area contributed by atoms with Crippen molar-refractivity contribution < 1.29 is 28.4 Å². The molecule has 3 aromatic rings. The number of methoxy groups -OCH3 is 1. The van der Waals surface area contributed by atoms with E-state index >= 15 is 0 Å². The summed E-state index contributed by atoms with van der Waals surface area (Å²) in [6.07, 6.45) is 3.28. The molecule has 1 fully saturated rings. The van der Waals surface area contributed by atoms with Crippen LogP contribution >= 0.6 is 0 Å². The first kappa shape index (κ1) is 23.9. The molecule has 9 nitrogen and oxygen atoms in total. The second-order valence-corrected chi connectivity index (χ2v) is 8.26. The summed E-state index contributed by atoms with van der Waals surface area (Å²) in [6.45, 7) is 3.42. The largest absolute Gasteiger partial charge is 0.493 e. The Kier molecular flexibility index (Phi) is 7.94. The standard InChI is InChI=1S/C24H29FN4O5/c1-31-23-12-19(2-7-22(23)33-11-9-29-17-26-27-18-29)13-28-8-10-32-15-24(30,14-28)16-34-21-5-3-20(25)4-6-21/h2-7,12,17-18,30H,8-11,13-16H2,1H3/t24-/m1/s1. The average Bonchev–Trinajstić information content (AvgIpc) is 3.29. The summed E-state index contributed by atoms with van der Waals surface area (Å²) in [6, 6.07) is 11.5. The third-order valence-corrected chi connectivity index (χ3v) is 5.47. The number of hydrogen-bond donors (Lipinski definition) is 1. The number of β-amino-alcohol motifs (C(OH)–C–C–N with tert-alkyl or cyclic N) is 1. The SMILES string of the molecule is COc1cc(CN2CCOC[C@@](O)(COc3ccc(F)cc3)C2)ccc1OCCn1cnnc1. The second kappa shape index (κ2) is 11.3. The van der Waals surface area contributed by atoms with Crippen molar-refractivity contribution in [2.45, 2.75) is 18.7 Å². The fraction of sp³-hybridized carbons (Fsp3) is 0.417. The molecule has 10 heteroatoms. The highest BCUT2D eigenvalue weighted by molar-refractivity contribution is 5.43. The van der Waals surface area contributed by atoms with Crippen molar-refractivity contribution in [1.82, 2.24) is 19.7 Å². The van der Waals surface area contributed by atoms with Crippen LogP contribution in [0, 0.1) is 5.82 Å². The zero-order valence-electron chi connectivity index (χ0n) is 19.1. The number of hydrogen-bond acceptors (Lipinski definition) is 8. The van der Waals surface area contributed by atoms with Crippen molar-refractivity contribution >= 4 is 0 Å². The predicted octanol–water partition coefficient (Wildman–Crippen LogP) is 2.15. The second-order valence-electron chi connectivity index (χ2n) is 8.26. The van der Waals surface area contributed by atoms with Gasteiger partial charge in [-0.05, 0) is 42.0 Å². The number of aliphatic hydroxyl groups is 1. The van der Waals surface area contributed by atoms with Crippen molar-refractivity contribution in [3.05, 3.63) is 66.5 Å². The van der Waals surface area contributed by atoms with Gasteiger partial charge in [0.05, 0.1) is 26.9 Å². The lowest BCUT2D eigenvalue weighted by atomic mass is 10.1. The van der Waals surface area contributed by atoms with Crippen molar-refractivity contribution in [3.8, 4) is 17.2 Å². The highest BCUT2D eigenvalue weighted by Gasteiger charge is 2.33. The average molecular weight is 473 g/mol. The molecule has 2 aromatic carbocycles. The van der Waals surface area contributed by atoms with Crippen LogP contribution in [0.2, 0.25) is 0 Å². The third-order valence-electron chi connectivity index (χ3n) is 5.47. The Labute approximate surface area is 197 Å². The van der Waals surface area contributed by atoms with Gasteiger partial charge >= 0.3 is 0 Å². The molecule has 2 heterocycles. The normalized spacial score (nSPS) is 18.9. The fourth-order valence-corrected chi connectivity index (χ4v) is 3.75. The Morgan fingerprint density at radius 3 is 2.65 bits per heavy atom. The first-order chi connectivity index (χ1) is 16.5. The Balaban J connectivity index is 1.34. The van der Waals surface area contributed by atoms with Gasteiger partial charge in [0.1, 0.15) is 43.0 Å². The molecule has 0 bridgehead atoms. The van der Waals surface area contributed by atoms with Crippen LogP contribution in [0.25, 0.3) is 0 Å². The Bertz CT molecular complexity index is 1030. The maximum Gasteiger partial charge on any atom is 0.161 e. The molecule has 0 aliphatic carbocycles. The van der Waals surface area contributed by atoms with Crippen LogP contribution in [0.15, 0.2) is 55.1 Å². The van der Waals surface area contributed by atoms with Gasteiger partial charge in [-0.1, -0.05) is 6.07 Å². The van der Waals surface area contributed by atoms with E-state index in [1.165, 1.54) is 24.3 Å². The Hall–Kier alpha value is -3.21. The first-order valence-corrected chi connectivity index (χ1v) is 11.1. The van der Waals surface area contributed by atoms with E-state index in [-0.39, 0.29) is 19.0 Å². The monoisotopic (exact) mass is 472 g/mol. The predicted molar refractivity (Wildman–Crippen MR) is 121 cm³/mol. The van der Waals surface area contributed by atoms with Gasteiger partial charge in [0.15, 0.2) is 11.5 Å². The van der Waals surface area contributed by atoms with Gasteiger partial charge in [-0.25, -0.2) is 4.39 Å². The molecule has 1 saturated heterocycles. The van der Waals surface area contributed by atoms with E-state index < -0.39 is 5.60 Å². The van der Waals surface area contributed by atoms with Crippen molar-refractivity contribution in [2.24, 2.45) is 0 Å². The molecule has 0 spiro atoms. The van der Waals surface area contributed by atoms with Crippen molar-refractivity contribution in [2.75, 3.05) is 46.6 Å². The Morgan fingerprint density at radius 1 is 1.09 bits per heavy atom. The van der Waals surface area contributed by atoms with E-state index in [4.69, 9.17) is 18.9 Å². The highest BCUT2D eigenvalue weighted by atomic mass is 19.1. The molecule has 182 valence electrons. The molecule has 1 aliphatic rings. The maximum atomic E-state index is 13.1. The maximum absolute atomic E-state index is 13.1. The van der Waals surface area contributed by atoms with Gasteiger partial charge in [-0.3, -0.25) is 4.90 Å². The zero-order chi connectivity index (χ0) is 23.8. The van der Waals surface area contributed by atoms with E-state index in [0.29, 0.717) is 56.6 Å².